The molecule has 4 atom stereocenters. The van der Waals surface area contributed by atoms with Gasteiger partial charge in [0.05, 0.1) is 24.2 Å². The maximum Gasteiger partial charge on any atom is 0.146 e. The van der Waals surface area contributed by atoms with E-state index in [0.717, 1.165) is 16.7 Å². The van der Waals surface area contributed by atoms with Crippen molar-refractivity contribution in [2.75, 3.05) is 6.61 Å². The smallest absolute Gasteiger partial charge is 0.146 e. The van der Waals surface area contributed by atoms with E-state index in [0.29, 0.717) is 33.9 Å². The molecule has 1 saturated heterocycles. The average molecular weight is 513 g/mol. The summed E-state index contributed by atoms with van der Waals surface area (Å²) in [5, 5.41) is 30.6. The molecule has 1 aliphatic heterocycles. The van der Waals surface area contributed by atoms with Gasteiger partial charge >= 0.3 is 0 Å². The third-order valence-corrected chi connectivity index (χ3v) is 6.82. The average Bonchev–Trinajstić information content (AvgIpc) is 3.31. The zero-order chi connectivity index (χ0) is 25.2. The standard InChI is InChI=1S/C28H26ClFO6/c29-22-9-6-17(26-13-24(32)28(33)27(14-31)36-26)11-18(22)10-16-4-7-19(8-5-16)34-15-20-12-21-23(30)2-1-3-25(21)35-20/h1-9,11-12,24,26-28,31-33H,10,13-15H2/t24-,26-,27-,28+/m1/s1. The summed E-state index contributed by atoms with van der Waals surface area (Å²) in [5.41, 5.74) is 3.21. The van der Waals surface area contributed by atoms with Crippen LogP contribution in [0.15, 0.2) is 71.1 Å². The van der Waals surface area contributed by atoms with Crippen LogP contribution in [-0.4, -0.2) is 40.2 Å². The number of hydrogen-bond acceptors (Lipinski definition) is 6. The number of rotatable bonds is 7. The molecule has 4 aromatic rings. The van der Waals surface area contributed by atoms with E-state index in [-0.39, 0.29) is 25.5 Å². The second-order valence-corrected chi connectivity index (χ2v) is 9.37. The Kier molecular flexibility index (Phi) is 7.27. The van der Waals surface area contributed by atoms with Crippen molar-refractivity contribution in [3.8, 4) is 5.75 Å². The number of fused-ring (bicyclic) bond motifs is 1. The van der Waals surface area contributed by atoms with Crippen molar-refractivity contribution in [3.05, 3.63) is 100 Å². The lowest BCUT2D eigenvalue weighted by atomic mass is 9.92. The minimum Gasteiger partial charge on any atom is -0.486 e. The molecule has 5 rings (SSSR count). The maximum atomic E-state index is 13.9. The molecule has 36 heavy (non-hydrogen) atoms. The molecule has 3 N–H and O–H groups in total. The predicted molar refractivity (Wildman–Crippen MR) is 133 cm³/mol. The van der Waals surface area contributed by atoms with Crippen LogP contribution in [-0.2, 0) is 17.8 Å². The van der Waals surface area contributed by atoms with Gasteiger partial charge in [0.2, 0.25) is 0 Å². The van der Waals surface area contributed by atoms with Gasteiger partial charge in [-0.05, 0) is 59.5 Å². The zero-order valence-corrected chi connectivity index (χ0v) is 20.1. The van der Waals surface area contributed by atoms with Gasteiger partial charge in [-0.15, -0.1) is 0 Å². The molecule has 0 bridgehead atoms. The highest BCUT2D eigenvalue weighted by molar-refractivity contribution is 6.31. The van der Waals surface area contributed by atoms with Crippen molar-refractivity contribution in [2.45, 2.75) is 43.9 Å². The monoisotopic (exact) mass is 512 g/mol. The summed E-state index contributed by atoms with van der Waals surface area (Å²) in [4.78, 5) is 0. The topological polar surface area (TPSA) is 92.3 Å². The fraction of sp³-hybridized carbons (Fsp3) is 0.286. The van der Waals surface area contributed by atoms with Gasteiger partial charge in [0.25, 0.3) is 0 Å². The van der Waals surface area contributed by atoms with E-state index >= 15 is 0 Å². The van der Waals surface area contributed by atoms with Crippen molar-refractivity contribution in [1.29, 1.82) is 0 Å². The fourth-order valence-corrected chi connectivity index (χ4v) is 4.66. The Labute approximate surface area is 212 Å². The lowest BCUT2D eigenvalue weighted by Gasteiger charge is -2.36. The normalized spacial score (nSPS) is 22.1. The molecule has 1 aliphatic rings. The molecule has 188 valence electrons. The van der Waals surface area contributed by atoms with Gasteiger partial charge in [-0.25, -0.2) is 4.39 Å². The minimum atomic E-state index is -1.12. The Morgan fingerprint density at radius 1 is 1.03 bits per heavy atom. The largest absolute Gasteiger partial charge is 0.486 e. The maximum absolute atomic E-state index is 13.9. The highest BCUT2D eigenvalue weighted by Crippen LogP contribution is 2.34. The van der Waals surface area contributed by atoms with E-state index in [1.807, 2.05) is 36.4 Å². The third kappa shape index (κ3) is 5.26. The van der Waals surface area contributed by atoms with Crippen molar-refractivity contribution in [3.63, 3.8) is 0 Å². The minimum absolute atomic E-state index is 0.179. The van der Waals surface area contributed by atoms with Crippen LogP contribution in [0.25, 0.3) is 11.0 Å². The first-order chi connectivity index (χ1) is 17.4. The van der Waals surface area contributed by atoms with Crippen LogP contribution in [0.4, 0.5) is 4.39 Å². The molecular formula is C28H26ClFO6. The van der Waals surface area contributed by atoms with Gasteiger partial charge < -0.3 is 29.2 Å². The summed E-state index contributed by atoms with van der Waals surface area (Å²) in [6.45, 7) is -0.199. The Balaban J connectivity index is 1.24. The number of ether oxygens (including phenoxy) is 2. The van der Waals surface area contributed by atoms with Crippen LogP contribution in [0.3, 0.4) is 0 Å². The molecule has 2 heterocycles. The predicted octanol–water partition coefficient (Wildman–Crippen LogP) is 4.94. The Morgan fingerprint density at radius 3 is 2.58 bits per heavy atom. The van der Waals surface area contributed by atoms with Crippen molar-refractivity contribution in [2.24, 2.45) is 0 Å². The van der Waals surface area contributed by atoms with Crippen LogP contribution >= 0.6 is 11.6 Å². The number of hydrogen-bond donors (Lipinski definition) is 3. The molecule has 8 heteroatoms. The SMILES string of the molecule is OC[C@H]1O[C@@H](c2ccc(Cl)c(Cc3ccc(OCc4cc5c(F)cccc5o4)cc3)c2)C[C@@H](O)[C@@H]1O. The van der Waals surface area contributed by atoms with E-state index in [2.05, 4.69) is 0 Å². The van der Waals surface area contributed by atoms with Crippen molar-refractivity contribution >= 4 is 22.6 Å². The quantitative estimate of drug-likeness (QED) is 0.325. The van der Waals surface area contributed by atoms with Crippen molar-refractivity contribution < 1.29 is 33.6 Å². The molecule has 0 unspecified atom stereocenters. The van der Waals surface area contributed by atoms with Crippen molar-refractivity contribution in [1.82, 2.24) is 0 Å². The fourth-order valence-electron chi connectivity index (χ4n) is 4.48. The number of halogens is 2. The Bertz CT molecular complexity index is 1340. The Morgan fingerprint density at radius 2 is 1.83 bits per heavy atom. The summed E-state index contributed by atoms with van der Waals surface area (Å²) in [5.74, 6) is 0.859. The Hall–Kier alpha value is -2.94. The van der Waals surface area contributed by atoms with Gasteiger partial charge in [-0.3, -0.25) is 0 Å². The number of benzene rings is 3. The first kappa shape index (κ1) is 24.7. The van der Waals surface area contributed by atoms with E-state index in [4.69, 9.17) is 25.5 Å². The van der Waals surface area contributed by atoms with Crippen LogP contribution in [0.1, 0.15) is 35.0 Å². The van der Waals surface area contributed by atoms with Gasteiger partial charge in [0.15, 0.2) is 0 Å². The molecule has 0 aliphatic carbocycles. The molecule has 1 aromatic heterocycles. The van der Waals surface area contributed by atoms with Gasteiger partial charge in [-0.2, -0.15) is 0 Å². The number of aliphatic hydroxyl groups excluding tert-OH is 3. The third-order valence-electron chi connectivity index (χ3n) is 6.45. The molecule has 0 amide bonds. The summed E-state index contributed by atoms with van der Waals surface area (Å²) in [6, 6.07) is 19.5. The van der Waals surface area contributed by atoms with Crippen LogP contribution in [0.5, 0.6) is 5.75 Å². The number of aliphatic hydroxyl groups is 3. The molecule has 3 aromatic carbocycles. The van der Waals surface area contributed by atoms with E-state index in [9.17, 15) is 19.7 Å². The molecule has 1 fully saturated rings. The first-order valence-electron chi connectivity index (χ1n) is 11.7. The van der Waals surface area contributed by atoms with E-state index < -0.39 is 24.4 Å². The second kappa shape index (κ2) is 10.6. The van der Waals surface area contributed by atoms with E-state index in [1.54, 1.807) is 24.3 Å². The first-order valence-corrected chi connectivity index (χ1v) is 12.1. The van der Waals surface area contributed by atoms with Crippen LogP contribution < -0.4 is 4.74 Å². The summed E-state index contributed by atoms with van der Waals surface area (Å²) < 4.78 is 31.1. The van der Waals surface area contributed by atoms with Crippen LogP contribution in [0.2, 0.25) is 5.02 Å². The molecular weight excluding hydrogens is 487 g/mol. The number of furan rings is 1. The van der Waals surface area contributed by atoms with Gasteiger partial charge in [0, 0.05) is 11.4 Å². The van der Waals surface area contributed by atoms with Gasteiger partial charge in [0.1, 0.15) is 41.7 Å². The zero-order valence-electron chi connectivity index (χ0n) is 19.3. The van der Waals surface area contributed by atoms with E-state index in [1.165, 1.54) is 6.07 Å². The lowest BCUT2D eigenvalue weighted by Crippen LogP contribution is -2.47. The van der Waals surface area contributed by atoms with Gasteiger partial charge in [-0.1, -0.05) is 41.9 Å². The highest BCUT2D eigenvalue weighted by Gasteiger charge is 2.37. The van der Waals surface area contributed by atoms with Crippen LogP contribution in [0, 0.1) is 5.82 Å². The summed E-state index contributed by atoms with van der Waals surface area (Å²) in [6.07, 6.45) is -2.61. The second-order valence-electron chi connectivity index (χ2n) is 8.96. The molecule has 6 nitrogen and oxygen atoms in total. The summed E-state index contributed by atoms with van der Waals surface area (Å²) in [7, 11) is 0. The molecule has 0 saturated carbocycles. The lowest BCUT2D eigenvalue weighted by molar-refractivity contribution is -0.181. The highest BCUT2D eigenvalue weighted by atomic mass is 35.5. The molecule has 0 radical (unpaired) electrons. The molecule has 0 spiro atoms. The summed E-state index contributed by atoms with van der Waals surface area (Å²) >= 11 is 6.45.